The lowest BCUT2D eigenvalue weighted by Crippen LogP contribution is -2.47. The van der Waals surface area contributed by atoms with Crippen LogP contribution in [0.4, 0.5) is 5.95 Å². The summed E-state index contributed by atoms with van der Waals surface area (Å²) in [7, 11) is 0. The van der Waals surface area contributed by atoms with E-state index < -0.39 is 0 Å². The van der Waals surface area contributed by atoms with Crippen molar-refractivity contribution in [2.24, 2.45) is 10.8 Å². The Morgan fingerprint density at radius 1 is 0.800 bits per heavy atom. The molecule has 5 rings (SSSR count). The third-order valence-corrected chi connectivity index (χ3v) is 10.5. The van der Waals surface area contributed by atoms with E-state index in [1.165, 1.54) is 4.90 Å². The van der Waals surface area contributed by atoms with Crippen molar-refractivity contribution in [2.75, 3.05) is 57.3 Å². The number of piperazine rings is 1. The number of nitrogens with one attached hydrogen (secondary N) is 1. The molecular formula is C34H52N6O5. The van der Waals surface area contributed by atoms with Crippen LogP contribution in [-0.2, 0) is 23.9 Å². The summed E-state index contributed by atoms with van der Waals surface area (Å²) in [6, 6.07) is 1.83. The molecule has 3 amide bonds. The first-order valence-electron chi connectivity index (χ1n) is 17.4. The molecule has 4 aliphatic rings. The molecule has 0 unspecified atom stereocenters. The Kier molecular flexibility index (Phi) is 11.8. The molecule has 2 saturated carbocycles. The van der Waals surface area contributed by atoms with Crippen molar-refractivity contribution in [1.82, 2.24) is 25.1 Å². The van der Waals surface area contributed by atoms with E-state index >= 15 is 0 Å². The van der Waals surface area contributed by atoms with Crippen molar-refractivity contribution in [3.63, 3.8) is 0 Å². The molecular weight excluding hydrogens is 572 g/mol. The number of carbonyl (C=O) groups is 4. The van der Waals surface area contributed by atoms with Gasteiger partial charge in [0.25, 0.3) is 0 Å². The number of esters is 1. The molecule has 1 aromatic heterocycles. The van der Waals surface area contributed by atoms with Crippen molar-refractivity contribution >= 4 is 29.6 Å². The number of ether oxygens (including phenoxy) is 1. The Labute approximate surface area is 267 Å². The van der Waals surface area contributed by atoms with Gasteiger partial charge in [-0.1, -0.05) is 25.7 Å². The first kappa shape index (κ1) is 33.3. The van der Waals surface area contributed by atoms with Crippen molar-refractivity contribution in [1.29, 1.82) is 0 Å². The fourth-order valence-electron chi connectivity index (χ4n) is 7.94. The van der Waals surface area contributed by atoms with Crippen molar-refractivity contribution in [2.45, 2.75) is 103 Å². The molecule has 0 atom stereocenters. The number of unbranched alkanes of at least 4 members (excludes halogenated alkanes) is 2. The van der Waals surface area contributed by atoms with Crippen LogP contribution in [0.5, 0.6) is 0 Å². The molecule has 45 heavy (non-hydrogen) atoms. The quantitative estimate of drug-likeness (QED) is 0.176. The van der Waals surface area contributed by atoms with Crippen LogP contribution in [0.25, 0.3) is 0 Å². The van der Waals surface area contributed by atoms with Gasteiger partial charge in [-0.2, -0.15) is 0 Å². The standard InChI is InChI=1S/C34H52N6O5/c41-28(35-14-5-6-17-38-19-21-39(22-20-38)32-36-15-9-16-37-32)24-33(10-1-2-11-33)27-31(44)45-23-8-7-18-40-29(42)25-34(26-30(40)43)12-3-4-13-34/h9,15-16H,1-8,10-14,17-27H2,(H,35,41). The second-order valence-electron chi connectivity index (χ2n) is 13.9. The SMILES string of the molecule is O=C(CC1(CC(=O)OCCCCN2C(=O)CC3(CCCC3)CC2=O)CCCC1)NCCCCN1CCN(c2ncccn2)CC1. The van der Waals surface area contributed by atoms with Crippen LogP contribution in [-0.4, -0.2) is 95.9 Å². The monoisotopic (exact) mass is 624 g/mol. The number of hydrogen-bond donors (Lipinski definition) is 1. The molecule has 0 radical (unpaired) electrons. The Balaban J connectivity index is 0.921. The fourth-order valence-corrected chi connectivity index (χ4v) is 7.94. The van der Waals surface area contributed by atoms with Gasteiger partial charge in [-0.25, -0.2) is 9.97 Å². The number of hydrogen-bond acceptors (Lipinski definition) is 9. The Morgan fingerprint density at radius 2 is 1.44 bits per heavy atom. The molecule has 2 aliphatic heterocycles. The Morgan fingerprint density at radius 3 is 2.13 bits per heavy atom. The highest BCUT2D eigenvalue weighted by molar-refractivity contribution is 5.98. The van der Waals surface area contributed by atoms with E-state index in [4.69, 9.17) is 4.74 Å². The molecule has 0 bridgehead atoms. The highest BCUT2D eigenvalue weighted by Crippen LogP contribution is 2.47. The Bertz CT molecular complexity index is 1120. The maximum atomic E-state index is 12.9. The van der Waals surface area contributed by atoms with Crippen LogP contribution < -0.4 is 10.2 Å². The van der Waals surface area contributed by atoms with Gasteiger partial charge < -0.3 is 15.0 Å². The molecule has 1 N–H and O–H groups in total. The summed E-state index contributed by atoms with van der Waals surface area (Å²) < 4.78 is 5.56. The number of piperidine rings is 1. The number of carbonyl (C=O) groups excluding carboxylic acids is 4. The number of anilines is 1. The van der Waals surface area contributed by atoms with Crippen LogP contribution in [0.3, 0.4) is 0 Å². The van der Waals surface area contributed by atoms with E-state index in [2.05, 4.69) is 25.1 Å². The van der Waals surface area contributed by atoms with Crippen molar-refractivity contribution in [3.05, 3.63) is 18.5 Å². The van der Waals surface area contributed by atoms with Gasteiger partial charge in [-0.15, -0.1) is 0 Å². The fraction of sp³-hybridized carbons (Fsp3) is 0.765. The van der Waals surface area contributed by atoms with Crippen LogP contribution >= 0.6 is 0 Å². The van der Waals surface area contributed by atoms with Gasteiger partial charge >= 0.3 is 5.97 Å². The van der Waals surface area contributed by atoms with Crippen LogP contribution in [0.1, 0.15) is 103 Å². The van der Waals surface area contributed by atoms with Gasteiger partial charge in [-0.3, -0.25) is 29.0 Å². The van der Waals surface area contributed by atoms with Crippen LogP contribution in [0.2, 0.25) is 0 Å². The summed E-state index contributed by atoms with van der Waals surface area (Å²) in [6.07, 6.45) is 16.4. The third kappa shape index (κ3) is 9.47. The largest absolute Gasteiger partial charge is 0.466 e. The van der Waals surface area contributed by atoms with E-state index in [0.717, 1.165) is 103 Å². The molecule has 11 heteroatoms. The van der Waals surface area contributed by atoms with Gasteiger partial charge in [0.05, 0.1) is 13.0 Å². The average Bonchev–Trinajstić information content (AvgIpc) is 3.68. The number of imide groups is 1. The zero-order valence-electron chi connectivity index (χ0n) is 27.0. The lowest BCUT2D eigenvalue weighted by molar-refractivity contribution is -0.154. The highest BCUT2D eigenvalue weighted by atomic mass is 16.5. The van der Waals surface area contributed by atoms with Crippen LogP contribution in [0, 0.1) is 10.8 Å². The molecule has 2 aliphatic carbocycles. The van der Waals surface area contributed by atoms with E-state index in [1.807, 2.05) is 6.07 Å². The maximum absolute atomic E-state index is 12.9. The van der Waals surface area contributed by atoms with Crippen molar-refractivity contribution in [3.8, 4) is 0 Å². The number of likely N-dealkylation sites (tertiary alicyclic amines) is 1. The smallest absolute Gasteiger partial charge is 0.306 e. The van der Waals surface area contributed by atoms with Gasteiger partial charge in [0.1, 0.15) is 0 Å². The predicted molar refractivity (Wildman–Crippen MR) is 170 cm³/mol. The summed E-state index contributed by atoms with van der Waals surface area (Å²) in [5.74, 6) is 0.485. The van der Waals surface area contributed by atoms with E-state index in [0.29, 0.717) is 45.2 Å². The number of amides is 3. The minimum absolute atomic E-state index is 0.0245. The van der Waals surface area contributed by atoms with Gasteiger partial charge in [0.2, 0.25) is 23.7 Å². The molecule has 1 spiro atoms. The molecule has 1 aromatic rings. The first-order chi connectivity index (χ1) is 21.9. The van der Waals surface area contributed by atoms with Gasteiger partial charge in [0.15, 0.2) is 0 Å². The minimum atomic E-state index is -0.313. The normalized spacial score (nSPS) is 21.4. The minimum Gasteiger partial charge on any atom is -0.466 e. The zero-order chi connectivity index (χ0) is 31.5. The Hall–Kier alpha value is -3.08. The van der Waals surface area contributed by atoms with Crippen molar-refractivity contribution < 1.29 is 23.9 Å². The molecule has 4 fully saturated rings. The molecule has 11 nitrogen and oxygen atoms in total. The second kappa shape index (κ2) is 16.0. The number of nitrogens with zero attached hydrogens (tertiary/aromatic N) is 5. The summed E-state index contributed by atoms with van der Waals surface area (Å²) in [5, 5.41) is 3.09. The van der Waals surface area contributed by atoms with Crippen LogP contribution in [0.15, 0.2) is 18.5 Å². The van der Waals surface area contributed by atoms with Gasteiger partial charge in [-0.05, 0) is 74.8 Å². The molecule has 0 aromatic carbocycles. The molecule has 248 valence electrons. The topological polar surface area (TPSA) is 125 Å². The summed E-state index contributed by atoms with van der Waals surface area (Å²) in [5.41, 5.74) is -0.393. The zero-order valence-corrected chi connectivity index (χ0v) is 27.0. The summed E-state index contributed by atoms with van der Waals surface area (Å²) >= 11 is 0. The molecule has 3 heterocycles. The van der Waals surface area contributed by atoms with Gasteiger partial charge in [0, 0.05) is 70.9 Å². The highest BCUT2D eigenvalue weighted by Gasteiger charge is 2.44. The van der Waals surface area contributed by atoms with E-state index in [-0.39, 0.29) is 47.5 Å². The number of rotatable bonds is 15. The number of aromatic nitrogens is 2. The maximum Gasteiger partial charge on any atom is 0.306 e. The summed E-state index contributed by atoms with van der Waals surface area (Å²) in [6.45, 7) is 6.16. The first-order valence-corrected chi connectivity index (χ1v) is 17.4. The predicted octanol–water partition coefficient (Wildman–Crippen LogP) is 3.87. The second-order valence-corrected chi connectivity index (χ2v) is 13.9. The lowest BCUT2D eigenvalue weighted by Gasteiger charge is -2.37. The molecule has 2 saturated heterocycles. The van der Waals surface area contributed by atoms with E-state index in [1.54, 1.807) is 12.4 Å². The van der Waals surface area contributed by atoms with E-state index in [9.17, 15) is 19.2 Å². The third-order valence-electron chi connectivity index (χ3n) is 10.5. The lowest BCUT2D eigenvalue weighted by atomic mass is 9.76. The summed E-state index contributed by atoms with van der Waals surface area (Å²) in [4.78, 5) is 65.7. The average molecular weight is 625 g/mol.